The molecule has 0 saturated carbocycles. The van der Waals surface area contributed by atoms with E-state index in [9.17, 15) is 13.2 Å². The van der Waals surface area contributed by atoms with E-state index in [2.05, 4.69) is 15.0 Å². The zero-order valence-electron chi connectivity index (χ0n) is 18.2. The fraction of sp³-hybridized carbons (Fsp3) is 0.304. The van der Waals surface area contributed by atoms with Crippen LogP contribution in [0.2, 0.25) is 0 Å². The number of sulfonamides is 1. The van der Waals surface area contributed by atoms with Crippen molar-refractivity contribution in [3.8, 4) is 17.1 Å². The number of anilines is 1. The second-order valence-electron chi connectivity index (χ2n) is 7.81. The quantitative estimate of drug-likeness (QED) is 0.479. The Morgan fingerprint density at radius 2 is 1.91 bits per heavy atom. The minimum Gasteiger partial charge on any atom is -0.496 e. The van der Waals surface area contributed by atoms with Gasteiger partial charge in [0.25, 0.3) is 0 Å². The van der Waals surface area contributed by atoms with Gasteiger partial charge in [-0.3, -0.25) is 4.79 Å². The molecule has 8 nitrogen and oxygen atoms in total. The maximum Gasteiger partial charge on any atom is 0.242 e. The Bertz CT molecular complexity index is 1130. The highest BCUT2D eigenvalue weighted by Crippen LogP contribution is 2.32. The van der Waals surface area contributed by atoms with Crippen molar-refractivity contribution in [3.05, 3.63) is 66.7 Å². The molecule has 1 heterocycles. The Morgan fingerprint density at radius 3 is 2.53 bits per heavy atom. The molecule has 3 aromatic rings. The van der Waals surface area contributed by atoms with Crippen LogP contribution in [0.15, 0.2) is 65.5 Å². The molecule has 1 atom stereocenters. The number of aromatic nitrogens is 1. The van der Waals surface area contributed by atoms with Gasteiger partial charge < -0.3 is 14.5 Å². The first-order valence-electron chi connectivity index (χ1n) is 10.2. The van der Waals surface area contributed by atoms with Gasteiger partial charge in [-0.25, -0.2) is 18.1 Å². The van der Waals surface area contributed by atoms with Gasteiger partial charge in [0.15, 0.2) is 12.2 Å². The van der Waals surface area contributed by atoms with Crippen molar-refractivity contribution in [1.29, 1.82) is 0 Å². The van der Waals surface area contributed by atoms with E-state index in [4.69, 9.17) is 9.15 Å². The van der Waals surface area contributed by atoms with Gasteiger partial charge in [-0.15, -0.1) is 0 Å². The summed E-state index contributed by atoms with van der Waals surface area (Å²) in [6.45, 7) is 3.86. The predicted molar refractivity (Wildman–Crippen MR) is 123 cm³/mol. The largest absolute Gasteiger partial charge is 0.496 e. The summed E-state index contributed by atoms with van der Waals surface area (Å²) < 4.78 is 38.7. The SMILES string of the molecule is COc1cc(NC(=O)C(CC(C)C)NS(=O)(=O)Cc2ccccc2)ccc1-c1cnco1. The van der Waals surface area contributed by atoms with Gasteiger partial charge in [-0.1, -0.05) is 44.2 Å². The van der Waals surface area contributed by atoms with Crippen molar-refractivity contribution < 1.29 is 22.4 Å². The highest BCUT2D eigenvalue weighted by Gasteiger charge is 2.26. The Labute approximate surface area is 188 Å². The number of carbonyl (C=O) groups is 1. The van der Waals surface area contributed by atoms with Crippen molar-refractivity contribution in [1.82, 2.24) is 9.71 Å². The minimum absolute atomic E-state index is 0.105. The van der Waals surface area contributed by atoms with Gasteiger partial charge in [-0.05, 0) is 30.0 Å². The van der Waals surface area contributed by atoms with E-state index in [0.717, 1.165) is 0 Å². The molecule has 0 fully saturated rings. The van der Waals surface area contributed by atoms with Gasteiger partial charge in [0.2, 0.25) is 15.9 Å². The van der Waals surface area contributed by atoms with Crippen LogP contribution in [-0.4, -0.2) is 32.5 Å². The van der Waals surface area contributed by atoms with E-state index in [1.165, 1.54) is 13.5 Å². The zero-order valence-corrected chi connectivity index (χ0v) is 19.1. The van der Waals surface area contributed by atoms with E-state index in [1.807, 2.05) is 19.9 Å². The summed E-state index contributed by atoms with van der Waals surface area (Å²) in [5.41, 5.74) is 1.81. The first kappa shape index (κ1) is 23.5. The Morgan fingerprint density at radius 1 is 1.16 bits per heavy atom. The summed E-state index contributed by atoms with van der Waals surface area (Å²) in [4.78, 5) is 16.9. The number of oxazole rings is 1. The normalized spacial score (nSPS) is 12.5. The van der Waals surface area contributed by atoms with Crippen LogP contribution in [0.25, 0.3) is 11.3 Å². The predicted octanol–water partition coefficient (Wildman–Crippen LogP) is 3.82. The summed E-state index contributed by atoms with van der Waals surface area (Å²) >= 11 is 0. The zero-order chi connectivity index (χ0) is 23.1. The number of benzene rings is 2. The lowest BCUT2D eigenvalue weighted by molar-refractivity contribution is -0.118. The van der Waals surface area contributed by atoms with Crippen LogP contribution in [0.4, 0.5) is 5.69 Å². The standard InChI is InChI=1S/C23H27N3O5S/c1-16(2)11-20(26-32(28,29)14-17-7-5-4-6-8-17)23(27)25-18-9-10-19(21(12-18)30-3)22-13-24-15-31-22/h4-10,12-13,15-16,20,26H,11,14H2,1-3H3,(H,25,27). The third kappa shape index (κ3) is 6.41. The van der Waals surface area contributed by atoms with Crippen molar-refractivity contribution >= 4 is 21.6 Å². The van der Waals surface area contributed by atoms with Gasteiger partial charge in [0, 0.05) is 11.8 Å². The molecule has 9 heteroatoms. The average molecular weight is 458 g/mol. The monoisotopic (exact) mass is 457 g/mol. The molecule has 2 N–H and O–H groups in total. The summed E-state index contributed by atoms with van der Waals surface area (Å²) in [6, 6.07) is 13.0. The average Bonchev–Trinajstić information content (AvgIpc) is 3.27. The van der Waals surface area contributed by atoms with E-state index < -0.39 is 22.0 Å². The number of ether oxygens (including phenoxy) is 1. The van der Waals surface area contributed by atoms with Crippen LogP contribution < -0.4 is 14.8 Å². The number of nitrogens with one attached hydrogen (secondary N) is 2. The minimum atomic E-state index is -3.72. The summed E-state index contributed by atoms with van der Waals surface area (Å²) in [5.74, 6) is 0.490. The molecule has 1 unspecified atom stereocenters. The van der Waals surface area contributed by atoms with Crippen molar-refractivity contribution in [3.63, 3.8) is 0 Å². The maximum absolute atomic E-state index is 13.0. The third-order valence-corrected chi connectivity index (χ3v) is 6.07. The van der Waals surface area contributed by atoms with Gasteiger partial charge in [-0.2, -0.15) is 0 Å². The van der Waals surface area contributed by atoms with Crippen LogP contribution in [0.3, 0.4) is 0 Å². The summed E-state index contributed by atoms with van der Waals surface area (Å²) in [6.07, 6.45) is 3.24. The van der Waals surface area contributed by atoms with Crippen LogP contribution >= 0.6 is 0 Å². The highest BCUT2D eigenvalue weighted by atomic mass is 32.2. The van der Waals surface area contributed by atoms with Crippen LogP contribution in [-0.2, 0) is 20.6 Å². The molecular formula is C23H27N3O5S. The Kier molecular flexibility index (Phi) is 7.66. The van der Waals surface area contributed by atoms with Crippen LogP contribution in [0, 0.1) is 5.92 Å². The van der Waals surface area contributed by atoms with E-state index >= 15 is 0 Å². The number of amides is 1. The Balaban J connectivity index is 1.76. The van der Waals surface area contributed by atoms with E-state index in [0.29, 0.717) is 34.7 Å². The molecule has 0 aliphatic heterocycles. The molecule has 0 radical (unpaired) electrons. The molecule has 1 aromatic heterocycles. The Hall–Kier alpha value is -3.17. The number of carbonyl (C=O) groups excluding carboxylic acids is 1. The third-order valence-electron chi connectivity index (χ3n) is 4.71. The lowest BCUT2D eigenvalue weighted by Gasteiger charge is -2.20. The second-order valence-corrected chi connectivity index (χ2v) is 9.57. The molecular weight excluding hydrogens is 430 g/mol. The second kappa shape index (κ2) is 10.4. The van der Waals surface area contributed by atoms with Crippen molar-refractivity contribution in [2.45, 2.75) is 32.1 Å². The summed E-state index contributed by atoms with van der Waals surface area (Å²) in [5, 5.41) is 2.79. The van der Waals surface area contributed by atoms with Crippen molar-refractivity contribution in [2.24, 2.45) is 5.92 Å². The number of methoxy groups -OCH3 is 1. The molecule has 32 heavy (non-hydrogen) atoms. The molecule has 0 aliphatic carbocycles. The molecule has 0 saturated heterocycles. The van der Waals surface area contributed by atoms with Crippen LogP contribution in [0.5, 0.6) is 5.75 Å². The lowest BCUT2D eigenvalue weighted by Crippen LogP contribution is -2.44. The van der Waals surface area contributed by atoms with E-state index in [-0.39, 0.29) is 11.7 Å². The molecule has 2 aromatic carbocycles. The first-order chi connectivity index (χ1) is 15.3. The molecule has 170 valence electrons. The smallest absolute Gasteiger partial charge is 0.242 e. The number of nitrogens with zero attached hydrogens (tertiary/aromatic N) is 1. The molecule has 0 bridgehead atoms. The van der Waals surface area contributed by atoms with Gasteiger partial charge in [0.1, 0.15) is 11.8 Å². The van der Waals surface area contributed by atoms with E-state index in [1.54, 1.807) is 48.7 Å². The number of hydrogen-bond donors (Lipinski definition) is 2. The molecule has 3 rings (SSSR count). The topological polar surface area (TPSA) is 111 Å². The molecule has 0 aliphatic rings. The van der Waals surface area contributed by atoms with Crippen molar-refractivity contribution in [2.75, 3.05) is 12.4 Å². The highest BCUT2D eigenvalue weighted by molar-refractivity contribution is 7.88. The van der Waals surface area contributed by atoms with Crippen LogP contribution in [0.1, 0.15) is 25.8 Å². The number of hydrogen-bond acceptors (Lipinski definition) is 6. The number of rotatable bonds is 10. The van der Waals surface area contributed by atoms with Gasteiger partial charge in [0.05, 0.1) is 24.6 Å². The lowest BCUT2D eigenvalue weighted by atomic mass is 10.0. The first-order valence-corrected chi connectivity index (χ1v) is 11.8. The van der Waals surface area contributed by atoms with Gasteiger partial charge >= 0.3 is 0 Å². The fourth-order valence-electron chi connectivity index (χ4n) is 3.28. The maximum atomic E-state index is 13.0. The molecule has 0 spiro atoms. The summed E-state index contributed by atoms with van der Waals surface area (Å²) in [7, 11) is -2.21. The molecule has 1 amide bonds. The fourth-order valence-corrected chi connectivity index (χ4v) is 4.63.